The molecule has 0 radical (unpaired) electrons. The molecule has 4 nitrogen and oxygen atoms in total. The molecule has 3 heterocycles. The highest BCUT2D eigenvalue weighted by Gasteiger charge is 2.34. The molecule has 0 saturated heterocycles. The molecule has 1 atom stereocenters. The van der Waals surface area contributed by atoms with Crippen LogP contribution in [-0.2, 0) is 4.79 Å². The Kier molecular flexibility index (Phi) is 5.06. The van der Waals surface area contributed by atoms with Gasteiger partial charge in [0.25, 0.3) is 5.91 Å². The molecule has 0 aliphatic carbocycles. The minimum absolute atomic E-state index is 0.0885. The zero-order valence-corrected chi connectivity index (χ0v) is 16.1. The van der Waals surface area contributed by atoms with Crippen LogP contribution in [0.25, 0.3) is 0 Å². The van der Waals surface area contributed by atoms with Crippen LogP contribution in [0.5, 0.6) is 5.75 Å². The van der Waals surface area contributed by atoms with E-state index in [2.05, 4.69) is 5.10 Å². The largest absolute Gasteiger partial charge is 0.482 e. The van der Waals surface area contributed by atoms with Crippen molar-refractivity contribution >= 4 is 45.9 Å². The van der Waals surface area contributed by atoms with E-state index in [4.69, 9.17) is 16.3 Å². The Morgan fingerprint density at radius 2 is 1.96 bits per heavy atom. The average Bonchev–Trinajstić information content (AvgIpc) is 3.41. The Hall–Kier alpha value is -2.15. The summed E-state index contributed by atoms with van der Waals surface area (Å²) in [6.45, 7) is -0.104. The summed E-state index contributed by atoms with van der Waals surface area (Å²) in [5.41, 5.74) is 0.935. The van der Waals surface area contributed by atoms with Crippen LogP contribution in [0.3, 0.4) is 0 Å². The van der Waals surface area contributed by atoms with E-state index in [9.17, 15) is 4.79 Å². The number of ether oxygens (including phenoxy) is 1. The van der Waals surface area contributed by atoms with Crippen molar-refractivity contribution in [2.75, 3.05) is 6.61 Å². The number of hydrogen-bond acceptors (Lipinski definition) is 5. The van der Waals surface area contributed by atoms with E-state index in [1.54, 1.807) is 39.8 Å². The van der Waals surface area contributed by atoms with E-state index in [0.717, 1.165) is 15.5 Å². The summed E-state index contributed by atoms with van der Waals surface area (Å²) in [4.78, 5) is 15.0. The molecule has 2 aromatic heterocycles. The number of amides is 1. The fourth-order valence-electron chi connectivity index (χ4n) is 2.80. The lowest BCUT2D eigenvalue weighted by atomic mass is 10.1. The lowest BCUT2D eigenvalue weighted by Crippen LogP contribution is -2.31. The summed E-state index contributed by atoms with van der Waals surface area (Å²) in [5.74, 6) is 0.312. The molecule has 0 N–H and O–H groups in total. The zero-order valence-electron chi connectivity index (χ0n) is 13.7. The number of benzene rings is 1. The first-order chi connectivity index (χ1) is 12.7. The molecule has 0 unspecified atom stereocenters. The van der Waals surface area contributed by atoms with Gasteiger partial charge in [-0.3, -0.25) is 4.79 Å². The van der Waals surface area contributed by atoms with Crippen LogP contribution in [0.4, 0.5) is 0 Å². The standard InChI is InChI=1S/C19H15ClN2O2S2/c20-13-5-1-2-6-16(13)24-12-19(23)22-15(18-8-4-10-26-18)11-14(21-22)17-7-3-9-25-17/h1-10,15H,11-12H2/t15-/m0/s1. The van der Waals surface area contributed by atoms with Crippen molar-refractivity contribution in [2.24, 2.45) is 5.10 Å². The van der Waals surface area contributed by atoms with E-state index in [-0.39, 0.29) is 18.6 Å². The lowest BCUT2D eigenvalue weighted by molar-refractivity contribution is -0.135. The molecule has 26 heavy (non-hydrogen) atoms. The number of thiophene rings is 2. The van der Waals surface area contributed by atoms with Gasteiger partial charge in [-0.15, -0.1) is 22.7 Å². The van der Waals surface area contributed by atoms with Gasteiger partial charge in [-0.2, -0.15) is 5.10 Å². The van der Waals surface area contributed by atoms with Gasteiger partial charge in [-0.05, 0) is 35.0 Å². The molecule has 7 heteroatoms. The monoisotopic (exact) mass is 402 g/mol. The predicted octanol–water partition coefficient (Wildman–Crippen LogP) is 5.22. The average molecular weight is 403 g/mol. The topological polar surface area (TPSA) is 41.9 Å². The molecular formula is C19H15ClN2O2S2. The van der Waals surface area contributed by atoms with Crippen LogP contribution in [0.2, 0.25) is 5.02 Å². The number of hydrazone groups is 1. The predicted molar refractivity (Wildman–Crippen MR) is 106 cm³/mol. The van der Waals surface area contributed by atoms with Gasteiger partial charge in [-0.25, -0.2) is 5.01 Å². The van der Waals surface area contributed by atoms with Gasteiger partial charge in [0, 0.05) is 11.3 Å². The van der Waals surface area contributed by atoms with Crippen molar-refractivity contribution in [2.45, 2.75) is 12.5 Å². The number of para-hydroxylation sites is 1. The van der Waals surface area contributed by atoms with Gasteiger partial charge < -0.3 is 4.74 Å². The first-order valence-electron chi connectivity index (χ1n) is 8.06. The number of carbonyl (C=O) groups excluding carboxylic acids is 1. The van der Waals surface area contributed by atoms with Crippen LogP contribution in [0, 0.1) is 0 Å². The van der Waals surface area contributed by atoms with Crippen molar-refractivity contribution in [1.29, 1.82) is 0 Å². The summed E-state index contributed by atoms with van der Waals surface area (Å²) in [7, 11) is 0. The van der Waals surface area contributed by atoms with Crippen LogP contribution in [0.1, 0.15) is 22.2 Å². The van der Waals surface area contributed by atoms with Crippen LogP contribution in [-0.4, -0.2) is 23.2 Å². The molecular weight excluding hydrogens is 388 g/mol. The second-order valence-electron chi connectivity index (χ2n) is 5.72. The van der Waals surface area contributed by atoms with Gasteiger partial charge in [0.2, 0.25) is 0 Å². The molecule has 0 saturated carbocycles. The third kappa shape index (κ3) is 3.53. The third-order valence-electron chi connectivity index (χ3n) is 4.03. The smallest absolute Gasteiger partial charge is 0.281 e. The molecule has 3 aromatic rings. The van der Waals surface area contributed by atoms with Gasteiger partial charge in [0.1, 0.15) is 5.75 Å². The Bertz CT molecular complexity index is 923. The second-order valence-corrected chi connectivity index (χ2v) is 8.05. The first kappa shape index (κ1) is 17.3. The molecule has 0 spiro atoms. The van der Waals surface area contributed by atoms with Crippen molar-refractivity contribution in [3.63, 3.8) is 0 Å². The van der Waals surface area contributed by atoms with Gasteiger partial charge >= 0.3 is 0 Å². The van der Waals surface area contributed by atoms with Crippen molar-refractivity contribution in [3.05, 3.63) is 74.1 Å². The highest BCUT2D eigenvalue weighted by molar-refractivity contribution is 7.12. The maximum Gasteiger partial charge on any atom is 0.281 e. The molecule has 0 fully saturated rings. The van der Waals surface area contributed by atoms with Crippen LogP contribution in [0.15, 0.2) is 64.4 Å². The maximum absolute atomic E-state index is 12.8. The van der Waals surface area contributed by atoms with E-state index in [1.165, 1.54) is 0 Å². The first-order valence-corrected chi connectivity index (χ1v) is 10.2. The second kappa shape index (κ2) is 7.61. The van der Waals surface area contributed by atoms with Gasteiger partial charge in [0.05, 0.1) is 21.7 Å². The molecule has 1 aliphatic rings. The fourth-order valence-corrected chi connectivity index (χ4v) is 4.52. The zero-order chi connectivity index (χ0) is 17.9. The summed E-state index contributed by atoms with van der Waals surface area (Å²) in [6, 6.07) is 15.1. The highest BCUT2D eigenvalue weighted by atomic mass is 35.5. The Morgan fingerprint density at radius 1 is 1.15 bits per heavy atom. The van der Waals surface area contributed by atoms with Crippen molar-refractivity contribution in [3.8, 4) is 5.75 Å². The minimum atomic E-state index is -0.185. The molecule has 0 bridgehead atoms. The summed E-state index contributed by atoms with van der Waals surface area (Å²) >= 11 is 9.36. The number of halogens is 1. The van der Waals surface area contributed by atoms with Gasteiger partial charge in [0.15, 0.2) is 6.61 Å². The van der Waals surface area contributed by atoms with Crippen molar-refractivity contribution < 1.29 is 9.53 Å². The normalized spacial score (nSPS) is 16.6. The molecule has 1 amide bonds. The third-order valence-corrected chi connectivity index (χ3v) is 6.24. The highest BCUT2D eigenvalue weighted by Crippen LogP contribution is 2.36. The van der Waals surface area contributed by atoms with Gasteiger partial charge in [-0.1, -0.05) is 35.9 Å². The van der Waals surface area contributed by atoms with E-state index in [1.807, 2.05) is 47.2 Å². The quantitative estimate of drug-likeness (QED) is 0.587. The maximum atomic E-state index is 12.8. The molecule has 1 aliphatic heterocycles. The number of nitrogens with zero attached hydrogens (tertiary/aromatic N) is 2. The SMILES string of the molecule is O=C(COc1ccccc1Cl)N1N=C(c2cccs2)C[C@H]1c1cccs1. The van der Waals surface area contributed by atoms with E-state index < -0.39 is 0 Å². The van der Waals surface area contributed by atoms with Crippen LogP contribution >= 0.6 is 34.3 Å². The van der Waals surface area contributed by atoms with Crippen molar-refractivity contribution in [1.82, 2.24) is 5.01 Å². The lowest BCUT2D eigenvalue weighted by Gasteiger charge is -2.20. The van der Waals surface area contributed by atoms with E-state index in [0.29, 0.717) is 17.2 Å². The summed E-state index contributed by atoms with van der Waals surface area (Å²) in [5, 5.41) is 10.7. The number of rotatable bonds is 5. The molecule has 132 valence electrons. The molecule has 1 aromatic carbocycles. The Balaban J connectivity index is 1.54. The number of hydrogen-bond donors (Lipinski definition) is 0. The minimum Gasteiger partial charge on any atom is -0.482 e. The summed E-state index contributed by atoms with van der Waals surface area (Å²) < 4.78 is 5.62. The number of carbonyl (C=O) groups is 1. The van der Waals surface area contributed by atoms with E-state index >= 15 is 0 Å². The molecule has 4 rings (SSSR count). The summed E-state index contributed by atoms with van der Waals surface area (Å²) in [6.07, 6.45) is 0.707. The Labute approximate surface area is 164 Å². The fraction of sp³-hybridized carbons (Fsp3) is 0.158. The van der Waals surface area contributed by atoms with Crippen LogP contribution < -0.4 is 4.74 Å². The Morgan fingerprint density at radius 3 is 2.69 bits per heavy atom.